The first-order chi connectivity index (χ1) is 9.76. The molecule has 0 saturated heterocycles. The molecule has 1 heterocycles. The minimum atomic E-state index is -4.93. The molecule has 0 aliphatic rings. The molecule has 0 aliphatic heterocycles. The van der Waals surface area contributed by atoms with Crippen molar-refractivity contribution in [3.63, 3.8) is 0 Å². The first-order valence-electron chi connectivity index (χ1n) is 5.66. The number of aryl methyl sites for hydroxylation is 1. The second kappa shape index (κ2) is 5.43. The second-order valence-corrected chi connectivity index (χ2v) is 4.03. The number of anilines is 1. The third-order valence-corrected chi connectivity index (χ3v) is 2.38. The van der Waals surface area contributed by atoms with E-state index in [0.29, 0.717) is 5.69 Å². The number of ether oxygens (including phenoxy) is 1. The van der Waals surface area contributed by atoms with Gasteiger partial charge in [0.1, 0.15) is 11.6 Å². The fourth-order valence-corrected chi connectivity index (χ4v) is 1.57. The van der Waals surface area contributed by atoms with Crippen LogP contribution >= 0.6 is 0 Å². The Morgan fingerprint density at radius 1 is 1.38 bits per heavy atom. The van der Waals surface area contributed by atoms with Gasteiger partial charge in [0.15, 0.2) is 0 Å². The number of nitrogens with zero attached hydrogens (tertiary/aromatic N) is 3. The number of halogens is 4. The highest BCUT2D eigenvalue weighted by Gasteiger charge is 2.32. The van der Waals surface area contributed by atoms with Crippen LogP contribution in [0.3, 0.4) is 0 Å². The van der Waals surface area contributed by atoms with Gasteiger partial charge in [-0.15, -0.1) is 13.2 Å². The average Bonchev–Trinajstić information content (AvgIpc) is 2.65. The minimum absolute atomic E-state index is 0.0263. The average molecular weight is 302 g/mol. The van der Waals surface area contributed by atoms with Crippen LogP contribution in [0, 0.1) is 12.7 Å². The number of aromatic nitrogens is 2. The Morgan fingerprint density at radius 2 is 2.10 bits per heavy atom. The quantitative estimate of drug-likeness (QED) is 0.700. The van der Waals surface area contributed by atoms with Gasteiger partial charge in [0.05, 0.1) is 23.7 Å². The number of hydrogen-bond donors (Lipinski definition) is 1. The maximum absolute atomic E-state index is 13.6. The highest BCUT2D eigenvalue weighted by Crippen LogP contribution is 2.27. The van der Waals surface area contributed by atoms with Crippen LogP contribution in [0.5, 0.6) is 5.75 Å². The van der Waals surface area contributed by atoms with Gasteiger partial charge in [0, 0.05) is 0 Å². The van der Waals surface area contributed by atoms with E-state index in [9.17, 15) is 17.6 Å². The smallest absolute Gasteiger partial charge is 0.405 e. The van der Waals surface area contributed by atoms with E-state index in [1.165, 1.54) is 6.20 Å². The van der Waals surface area contributed by atoms with Crippen molar-refractivity contribution in [3.8, 4) is 5.75 Å². The maximum atomic E-state index is 13.6. The summed E-state index contributed by atoms with van der Waals surface area (Å²) in [7, 11) is 0. The monoisotopic (exact) mass is 302 g/mol. The van der Waals surface area contributed by atoms with E-state index >= 15 is 0 Å². The first kappa shape index (κ1) is 14.8. The van der Waals surface area contributed by atoms with Gasteiger partial charge in [-0.3, -0.25) is 0 Å². The van der Waals surface area contributed by atoms with E-state index in [0.717, 1.165) is 29.1 Å². The van der Waals surface area contributed by atoms with Crippen molar-refractivity contribution in [2.24, 2.45) is 5.10 Å². The summed E-state index contributed by atoms with van der Waals surface area (Å²) in [5.41, 5.74) is 5.63. The standard InChI is InChI=1S/C12H10F4N4O/c1-7-6-20(11(17)19-7)18-5-8-9(13)3-2-4-10(8)21-12(14,15)16/h2-6H,1H3,(H2,17,19). The summed E-state index contributed by atoms with van der Waals surface area (Å²) in [4.78, 5) is 3.85. The Kier molecular flexibility index (Phi) is 3.83. The Hall–Kier alpha value is -2.58. The fourth-order valence-electron chi connectivity index (χ4n) is 1.57. The van der Waals surface area contributed by atoms with Crippen LogP contribution in [-0.2, 0) is 0 Å². The molecule has 0 amide bonds. The van der Waals surface area contributed by atoms with Crippen LogP contribution in [0.4, 0.5) is 23.5 Å². The molecule has 2 aromatic rings. The molecule has 0 fully saturated rings. The summed E-state index contributed by atoms with van der Waals surface area (Å²) < 4.78 is 55.3. The zero-order chi connectivity index (χ0) is 15.6. The Morgan fingerprint density at radius 3 is 2.67 bits per heavy atom. The van der Waals surface area contributed by atoms with Gasteiger partial charge in [-0.2, -0.15) is 5.10 Å². The van der Waals surface area contributed by atoms with Gasteiger partial charge in [-0.1, -0.05) is 6.07 Å². The van der Waals surface area contributed by atoms with Crippen LogP contribution in [0.15, 0.2) is 29.5 Å². The summed E-state index contributed by atoms with van der Waals surface area (Å²) >= 11 is 0. The van der Waals surface area contributed by atoms with Crippen molar-refractivity contribution in [2.75, 3.05) is 5.73 Å². The normalized spacial score (nSPS) is 12.0. The second-order valence-electron chi connectivity index (χ2n) is 4.03. The van der Waals surface area contributed by atoms with E-state index in [2.05, 4.69) is 14.8 Å². The van der Waals surface area contributed by atoms with Crippen molar-refractivity contribution in [2.45, 2.75) is 13.3 Å². The van der Waals surface area contributed by atoms with Gasteiger partial charge in [0.2, 0.25) is 5.95 Å². The highest BCUT2D eigenvalue weighted by molar-refractivity contribution is 5.83. The lowest BCUT2D eigenvalue weighted by atomic mass is 10.2. The van der Waals surface area contributed by atoms with E-state index in [-0.39, 0.29) is 5.95 Å². The molecule has 0 atom stereocenters. The lowest BCUT2D eigenvalue weighted by Gasteiger charge is -2.11. The molecule has 0 aliphatic carbocycles. The number of nitrogen functional groups attached to an aromatic ring is 1. The molecule has 1 aromatic heterocycles. The molecule has 21 heavy (non-hydrogen) atoms. The van der Waals surface area contributed by atoms with E-state index in [1.54, 1.807) is 6.92 Å². The molecule has 9 heteroatoms. The summed E-state index contributed by atoms with van der Waals surface area (Å²) in [5.74, 6) is -1.57. The van der Waals surface area contributed by atoms with E-state index < -0.39 is 23.5 Å². The number of rotatable bonds is 3. The van der Waals surface area contributed by atoms with Crippen LogP contribution < -0.4 is 10.5 Å². The number of hydrogen-bond acceptors (Lipinski definition) is 4. The predicted molar refractivity (Wildman–Crippen MR) is 67.5 cm³/mol. The zero-order valence-electron chi connectivity index (χ0n) is 10.7. The lowest BCUT2D eigenvalue weighted by Crippen LogP contribution is -2.18. The van der Waals surface area contributed by atoms with Crippen LogP contribution in [0.2, 0.25) is 0 Å². The molecule has 0 saturated carbocycles. The molecule has 1 aromatic carbocycles. The molecule has 0 spiro atoms. The van der Waals surface area contributed by atoms with Crippen molar-refractivity contribution in [1.82, 2.24) is 9.66 Å². The Labute approximate surface area is 116 Å². The molecule has 5 nitrogen and oxygen atoms in total. The van der Waals surface area contributed by atoms with E-state index in [4.69, 9.17) is 5.73 Å². The largest absolute Gasteiger partial charge is 0.573 e. The lowest BCUT2D eigenvalue weighted by molar-refractivity contribution is -0.274. The Bertz CT molecular complexity index is 678. The van der Waals surface area contributed by atoms with Gasteiger partial charge in [0.25, 0.3) is 0 Å². The number of benzene rings is 1. The van der Waals surface area contributed by atoms with Gasteiger partial charge in [-0.05, 0) is 19.1 Å². The van der Waals surface area contributed by atoms with Crippen LogP contribution in [-0.4, -0.2) is 22.2 Å². The topological polar surface area (TPSA) is 65.4 Å². The Balaban J connectivity index is 2.37. The van der Waals surface area contributed by atoms with Crippen LogP contribution in [0.1, 0.15) is 11.3 Å². The van der Waals surface area contributed by atoms with Crippen LogP contribution in [0.25, 0.3) is 0 Å². The number of alkyl halides is 3. The van der Waals surface area contributed by atoms with Crippen molar-refractivity contribution >= 4 is 12.2 Å². The third-order valence-electron chi connectivity index (χ3n) is 2.38. The van der Waals surface area contributed by atoms with Gasteiger partial charge >= 0.3 is 6.36 Å². The summed E-state index contributed by atoms with van der Waals surface area (Å²) in [6.07, 6.45) is -2.61. The SMILES string of the molecule is Cc1cn(N=Cc2c(F)cccc2OC(F)(F)F)c(N)n1. The van der Waals surface area contributed by atoms with Crippen molar-refractivity contribution < 1.29 is 22.3 Å². The fraction of sp³-hybridized carbons (Fsp3) is 0.167. The third kappa shape index (κ3) is 3.71. The molecule has 2 N–H and O–H groups in total. The summed E-state index contributed by atoms with van der Waals surface area (Å²) in [6, 6.07) is 3.08. The molecule has 0 unspecified atom stereocenters. The first-order valence-corrected chi connectivity index (χ1v) is 5.66. The summed E-state index contributed by atoms with van der Waals surface area (Å²) in [5, 5.41) is 3.77. The molecular formula is C12H10F4N4O. The molecule has 0 bridgehead atoms. The molecular weight excluding hydrogens is 292 g/mol. The van der Waals surface area contributed by atoms with Gasteiger partial charge in [-0.25, -0.2) is 14.1 Å². The molecule has 0 radical (unpaired) electrons. The summed E-state index contributed by atoms with van der Waals surface area (Å²) in [6.45, 7) is 1.66. The zero-order valence-corrected chi connectivity index (χ0v) is 10.7. The molecule has 2 rings (SSSR count). The van der Waals surface area contributed by atoms with Gasteiger partial charge < -0.3 is 10.5 Å². The minimum Gasteiger partial charge on any atom is -0.405 e. The highest BCUT2D eigenvalue weighted by atomic mass is 19.4. The molecule has 112 valence electrons. The number of imidazole rings is 1. The number of nitrogens with two attached hydrogens (primary N) is 1. The van der Waals surface area contributed by atoms with E-state index in [1.807, 2.05) is 0 Å². The predicted octanol–water partition coefficient (Wildman–Crippen LogP) is 2.69. The maximum Gasteiger partial charge on any atom is 0.573 e. The van der Waals surface area contributed by atoms with Crippen molar-refractivity contribution in [1.29, 1.82) is 0 Å². The van der Waals surface area contributed by atoms with Crippen molar-refractivity contribution in [3.05, 3.63) is 41.5 Å².